The van der Waals surface area contributed by atoms with Gasteiger partial charge in [-0.15, -0.1) is 0 Å². The number of nitrogens with one attached hydrogen (secondary N) is 2. The zero-order valence-corrected chi connectivity index (χ0v) is 14.8. The number of aliphatic imine (C=N–C) groups is 1. The lowest BCUT2D eigenvalue weighted by atomic mass is 9.85. The lowest BCUT2D eigenvalue weighted by Gasteiger charge is -2.31. The van der Waals surface area contributed by atoms with Crippen molar-refractivity contribution in [2.24, 2.45) is 10.9 Å². The van der Waals surface area contributed by atoms with Crippen LogP contribution < -0.4 is 10.6 Å². The fraction of sp³-hybridized carbons (Fsp3) is 0.562. The van der Waals surface area contributed by atoms with Crippen LogP contribution in [0.2, 0.25) is 0 Å². The van der Waals surface area contributed by atoms with Crippen molar-refractivity contribution >= 4 is 21.9 Å². The number of hydrogen-bond donors (Lipinski definition) is 2. The lowest BCUT2D eigenvalue weighted by molar-refractivity contribution is -0.183. The predicted octanol–water partition coefficient (Wildman–Crippen LogP) is 4.37. The highest BCUT2D eigenvalue weighted by atomic mass is 79.9. The molecule has 3 nitrogen and oxygen atoms in total. The first-order valence-corrected chi connectivity index (χ1v) is 8.56. The molecule has 0 aliphatic heterocycles. The summed E-state index contributed by atoms with van der Waals surface area (Å²) in [6, 6.07) is 4.44. The van der Waals surface area contributed by atoms with E-state index >= 15 is 0 Å². The standard InChI is InChI=1S/C16H20BrF4N3/c1-22-15(23-9-10-5-6-12(17)8-14(10)18)24-13-4-2-3-11(7-13)16(19,20)21/h5-6,8,11,13H,2-4,7,9H2,1H3,(H2,22,23,24). The van der Waals surface area contributed by atoms with Gasteiger partial charge in [0, 0.05) is 29.7 Å². The molecule has 1 aliphatic rings. The zero-order valence-electron chi connectivity index (χ0n) is 13.3. The molecule has 2 unspecified atom stereocenters. The molecule has 0 radical (unpaired) electrons. The topological polar surface area (TPSA) is 36.4 Å². The van der Waals surface area contributed by atoms with Gasteiger partial charge >= 0.3 is 6.18 Å². The highest BCUT2D eigenvalue weighted by Gasteiger charge is 2.42. The molecule has 0 aromatic heterocycles. The summed E-state index contributed by atoms with van der Waals surface area (Å²) in [7, 11) is 1.54. The van der Waals surface area contributed by atoms with E-state index < -0.39 is 12.1 Å². The van der Waals surface area contributed by atoms with Crippen LogP contribution in [0.3, 0.4) is 0 Å². The molecule has 2 N–H and O–H groups in total. The summed E-state index contributed by atoms with van der Waals surface area (Å²) in [5.41, 5.74) is 0.456. The predicted molar refractivity (Wildman–Crippen MR) is 89.2 cm³/mol. The third-order valence-electron chi connectivity index (χ3n) is 4.16. The molecule has 2 rings (SSSR count). The van der Waals surface area contributed by atoms with Gasteiger partial charge in [0.2, 0.25) is 0 Å². The van der Waals surface area contributed by atoms with Crippen LogP contribution >= 0.6 is 15.9 Å². The quantitative estimate of drug-likeness (QED) is 0.441. The third kappa shape index (κ3) is 5.36. The Bertz CT molecular complexity index is 589. The number of nitrogens with zero attached hydrogens (tertiary/aromatic N) is 1. The van der Waals surface area contributed by atoms with E-state index in [1.165, 1.54) is 13.1 Å². The van der Waals surface area contributed by atoms with Crippen LogP contribution in [0.25, 0.3) is 0 Å². The fourth-order valence-electron chi connectivity index (χ4n) is 2.85. The molecule has 0 spiro atoms. The Morgan fingerprint density at radius 2 is 2.08 bits per heavy atom. The summed E-state index contributed by atoms with van der Waals surface area (Å²) in [5, 5.41) is 5.97. The number of hydrogen-bond acceptors (Lipinski definition) is 1. The van der Waals surface area contributed by atoms with E-state index in [9.17, 15) is 17.6 Å². The van der Waals surface area contributed by atoms with Crippen molar-refractivity contribution in [3.63, 3.8) is 0 Å². The van der Waals surface area contributed by atoms with Gasteiger partial charge in [-0.2, -0.15) is 13.2 Å². The normalized spacial score (nSPS) is 22.3. The first-order chi connectivity index (χ1) is 11.3. The molecule has 8 heteroatoms. The van der Waals surface area contributed by atoms with Crippen LogP contribution in [0, 0.1) is 11.7 Å². The largest absolute Gasteiger partial charge is 0.391 e. The molecule has 1 aromatic carbocycles. The summed E-state index contributed by atoms with van der Waals surface area (Å²) < 4.78 is 53.0. The van der Waals surface area contributed by atoms with Gasteiger partial charge in [0.25, 0.3) is 0 Å². The molecule has 1 aliphatic carbocycles. The molecule has 1 saturated carbocycles. The summed E-state index contributed by atoms with van der Waals surface area (Å²) in [6.07, 6.45) is -2.74. The maximum atomic E-state index is 13.8. The SMILES string of the molecule is CN=C(NCc1ccc(Br)cc1F)NC1CCCC(C(F)(F)F)C1. The minimum Gasteiger partial charge on any atom is -0.354 e. The van der Waals surface area contributed by atoms with Crippen LogP contribution in [0.5, 0.6) is 0 Å². The van der Waals surface area contributed by atoms with E-state index in [0.29, 0.717) is 28.8 Å². The van der Waals surface area contributed by atoms with Crippen molar-refractivity contribution in [3.8, 4) is 0 Å². The Morgan fingerprint density at radius 3 is 2.71 bits per heavy atom. The molecule has 2 atom stereocenters. The van der Waals surface area contributed by atoms with Gasteiger partial charge in [0.15, 0.2) is 5.96 Å². The minimum absolute atomic E-state index is 0.0385. The maximum Gasteiger partial charge on any atom is 0.391 e. The number of rotatable bonds is 3. The summed E-state index contributed by atoms with van der Waals surface area (Å²) >= 11 is 3.19. The number of halogens is 5. The highest BCUT2D eigenvalue weighted by molar-refractivity contribution is 9.10. The average molecular weight is 410 g/mol. The van der Waals surface area contributed by atoms with E-state index in [2.05, 4.69) is 31.6 Å². The van der Waals surface area contributed by atoms with Crippen LogP contribution in [-0.4, -0.2) is 25.2 Å². The van der Waals surface area contributed by atoms with Gasteiger partial charge in [-0.3, -0.25) is 4.99 Å². The van der Waals surface area contributed by atoms with E-state index in [1.54, 1.807) is 12.1 Å². The van der Waals surface area contributed by atoms with Gasteiger partial charge < -0.3 is 10.6 Å². The minimum atomic E-state index is -4.15. The first-order valence-electron chi connectivity index (χ1n) is 7.77. The van der Waals surface area contributed by atoms with Gasteiger partial charge in [0.05, 0.1) is 5.92 Å². The van der Waals surface area contributed by atoms with Gasteiger partial charge in [-0.1, -0.05) is 28.4 Å². The lowest BCUT2D eigenvalue weighted by Crippen LogP contribution is -2.46. The summed E-state index contributed by atoms with van der Waals surface area (Å²) in [4.78, 5) is 4.01. The maximum absolute atomic E-state index is 13.8. The average Bonchev–Trinajstić information content (AvgIpc) is 2.52. The molecule has 1 aromatic rings. The fourth-order valence-corrected chi connectivity index (χ4v) is 3.18. The van der Waals surface area contributed by atoms with E-state index in [4.69, 9.17) is 0 Å². The molecule has 134 valence electrons. The zero-order chi connectivity index (χ0) is 17.7. The Balaban J connectivity index is 1.90. The molecule has 0 amide bonds. The van der Waals surface area contributed by atoms with Crippen molar-refractivity contribution < 1.29 is 17.6 Å². The van der Waals surface area contributed by atoms with Gasteiger partial charge in [-0.05, 0) is 31.4 Å². The van der Waals surface area contributed by atoms with E-state index in [1.807, 2.05) is 0 Å². The molecule has 0 heterocycles. The van der Waals surface area contributed by atoms with Gasteiger partial charge in [0.1, 0.15) is 5.82 Å². The molecule has 24 heavy (non-hydrogen) atoms. The molecule has 1 fully saturated rings. The number of benzene rings is 1. The van der Waals surface area contributed by atoms with Crippen molar-refractivity contribution in [1.82, 2.24) is 10.6 Å². The van der Waals surface area contributed by atoms with Crippen LogP contribution in [0.1, 0.15) is 31.2 Å². The second-order valence-corrected chi connectivity index (χ2v) is 6.82. The van der Waals surface area contributed by atoms with Crippen LogP contribution in [-0.2, 0) is 6.54 Å². The van der Waals surface area contributed by atoms with Crippen molar-refractivity contribution in [3.05, 3.63) is 34.1 Å². The van der Waals surface area contributed by atoms with Crippen molar-refractivity contribution in [2.45, 2.75) is 44.4 Å². The molecule has 0 bridgehead atoms. The monoisotopic (exact) mass is 409 g/mol. The van der Waals surface area contributed by atoms with E-state index in [-0.39, 0.29) is 31.2 Å². The Kier molecular flexibility index (Phi) is 6.48. The first kappa shape index (κ1) is 19.0. The van der Waals surface area contributed by atoms with Crippen molar-refractivity contribution in [2.75, 3.05) is 7.05 Å². The second-order valence-electron chi connectivity index (χ2n) is 5.91. The highest BCUT2D eigenvalue weighted by Crippen LogP contribution is 2.37. The van der Waals surface area contributed by atoms with E-state index in [0.717, 1.165) is 0 Å². The van der Waals surface area contributed by atoms with Gasteiger partial charge in [-0.25, -0.2) is 4.39 Å². The molecular formula is C16H20BrF4N3. The number of alkyl halides is 3. The second kappa shape index (κ2) is 8.18. The number of guanidine groups is 1. The smallest absolute Gasteiger partial charge is 0.354 e. The third-order valence-corrected chi connectivity index (χ3v) is 4.66. The summed E-state index contributed by atoms with van der Waals surface area (Å²) in [6.45, 7) is 0.203. The summed E-state index contributed by atoms with van der Waals surface area (Å²) in [5.74, 6) is -1.25. The molecule has 0 saturated heterocycles. The Morgan fingerprint density at radius 1 is 1.33 bits per heavy atom. The Labute approximate surface area is 147 Å². The molecular weight excluding hydrogens is 390 g/mol. The Hall–Kier alpha value is -1.31. The van der Waals surface area contributed by atoms with Crippen LogP contribution in [0.4, 0.5) is 17.6 Å². The van der Waals surface area contributed by atoms with Crippen LogP contribution in [0.15, 0.2) is 27.7 Å². The van der Waals surface area contributed by atoms with Crippen molar-refractivity contribution in [1.29, 1.82) is 0 Å².